The number of nitrogens with zero attached hydrogens (tertiary/aromatic N) is 5. The monoisotopic (exact) mass is 401 g/mol. The van der Waals surface area contributed by atoms with Gasteiger partial charge in [0.15, 0.2) is 0 Å². The quantitative estimate of drug-likeness (QED) is 0.515. The Bertz CT molecular complexity index is 1180. The van der Waals surface area contributed by atoms with Gasteiger partial charge in [0.1, 0.15) is 5.82 Å². The van der Waals surface area contributed by atoms with Crippen molar-refractivity contribution in [1.29, 1.82) is 0 Å². The van der Waals surface area contributed by atoms with E-state index in [-0.39, 0.29) is 5.91 Å². The van der Waals surface area contributed by atoms with Crippen LogP contribution in [0.3, 0.4) is 0 Å². The Balaban J connectivity index is 1.36. The van der Waals surface area contributed by atoms with Crippen molar-refractivity contribution in [3.8, 4) is 0 Å². The SMILES string of the molecule is Cc1cc(C)nc(Nc2ncc(C(=O)NCCc3c(C)nn4ccccc34)cn2)c1. The number of amides is 1. The second-order valence-electron chi connectivity index (χ2n) is 7.19. The minimum absolute atomic E-state index is 0.208. The number of aromatic nitrogens is 5. The third-order valence-corrected chi connectivity index (χ3v) is 4.76. The molecule has 4 aromatic heterocycles. The standard InChI is InChI=1S/C22H23N7O/c1-14-10-15(2)26-20(11-14)27-22-24-12-17(13-25-22)21(30)23-8-7-18-16(3)28-29-9-5-4-6-19(18)29/h4-6,9-13H,7-8H2,1-3H3,(H,23,30)(H,24,25,26,27). The molecule has 0 aliphatic heterocycles. The van der Waals surface area contributed by atoms with Crippen LogP contribution >= 0.6 is 0 Å². The third-order valence-electron chi connectivity index (χ3n) is 4.76. The first kappa shape index (κ1) is 19.5. The van der Waals surface area contributed by atoms with Crippen LogP contribution in [0, 0.1) is 20.8 Å². The van der Waals surface area contributed by atoms with Gasteiger partial charge in [0.05, 0.1) is 16.8 Å². The van der Waals surface area contributed by atoms with Crippen molar-refractivity contribution in [3.63, 3.8) is 0 Å². The molecule has 4 aromatic rings. The molecule has 0 spiro atoms. The van der Waals surface area contributed by atoms with Crippen LogP contribution in [0.1, 0.15) is 32.9 Å². The number of hydrogen-bond donors (Lipinski definition) is 2. The lowest BCUT2D eigenvalue weighted by atomic mass is 10.1. The third kappa shape index (κ3) is 4.27. The highest BCUT2D eigenvalue weighted by atomic mass is 16.1. The van der Waals surface area contributed by atoms with Gasteiger partial charge >= 0.3 is 0 Å². The van der Waals surface area contributed by atoms with Crippen LogP contribution in [0.4, 0.5) is 11.8 Å². The second kappa shape index (κ2) is 8.28. The summed E-state index contributed by atoms with van der Waals surface area (Å²) in [7, 11) is 0. The van der Waals surface area contributed by atoms with Crippen molar-refractivity contribution >= 4 is 23.2 Å². The summed E-state index contributed by atoms with van der Waals surface area (Å²) in [6.45, 7) is 6.42. The fourth-order valence-electron chi connectivity index (χ4n) is 3.41. The summed E-state index contributed by atoms with van der Waals surface area (Å²) in [6.07, 6.45) is 5.64. The van der Waals surface area contributed by atoms with Crippen LogP contribution in [-0.2, 0) is 6.42 Å². The highest BCUT2D eigenvalue weighted by Crippen LogP contribution is 2.15. The van der Waals surface area contributed by atoms with Crippen molar-refractivity contribution in [2.24, 2.45) is 0 Å². The predicted molar refractivity (Wildman–Crippen MR) is 115 cm³/mol. The summed E-state index contributed by atoms with van der Waals surface area (Å²) < 4.78 is 1.86. The number of anilines is 2. The van der Waals surface area contributed by atoms with Gasteiger partial charge in [-0.05, 0) is 57.0 Å². The molecule has 152 valence electrons. The highest BCUT2D eigenvalue weighted by molar-refractivity contribution is 5.93. The lowest BCUT2D eigenvalue weighted by molar-refractivity contribution is 0.0953. The van der Waals surface area contributed by atoms with E-state index in [2.05, 4.69) is 30.7 Å². The van der Waals surface area contributed by atoms with Gasteiger partial charge in [-0.3, -0.25) is 4.79 Å². The van der Waals surface area contributed by atoms with Crippen molar-refractivity contribution in [2.75, 3.05) is 11.9 Å². The summed E-state index contributed by atoms with van der Waals surface area (Å²) in [6, 6.07) is 9.87. The lowest BCUT2D eigenvalue weighted by Crippen LogP contribution is -2.26. The Kier molecular flexibility index (Phi) is 5.38. The van der Waals surface area contributed by atoms with Gasteiger partial charge in [0.2, 0.25) is 5.95 Å². The number of nitrogens with one attached hydrogen (secondary N) is 2. The first-order valence-electron chi connectivity index (χ1n) is 9.75. The first-order chi connectivity index (χ1) is 14.5. The Labute approximate surface area is 174 Å². The van der Waals surface area contributed by atoms with Gasteiger partial charge in [-0.15, -0.1) is 0 Å². The zero-order valence-electron chi connectivity index (χ0n) is 17.2. The van der Waals surface area contributed by atoms with Crippen LogP contribution in [0.5, 0.6) is 0 Å². The van der Waals surface area contributed by atoms with E-state index in [1.807, 2.05) is 61.8 Å². The van der Waals surface area contributed by atoms with Gasteiger partial charge in [0.25, 0.3) is 5.91 Å². The number of fused-ring (bicyclic) bond motifs is 1. The molecule has 1 amide bonds. The molecular formula is C22H23N7O. The average molecular weight is 401 g/mol. The fourth-order valence-corrected chi connectivity index (χ4v) is 3.41. The molecule has 30 heavy (non-hydrogen) atoms. The van der Waals surface area contributed by atoms with E-state index in [1.54, 1.807) is 0 Å². The smallest absolute Gasteiger partial charge is 0.254 e. The molecule has 0 bridgehead atoms. The summed E-state index contributed by atoms with van der Waals surface area (Å²) in [4.78, 5) is 25.3. The topological polar surface area (TPSA) is 97.1 Å². The van der Waals surface area contributed by atoms with Crippen LogP contribution < -0.4 is 10.6 Å². The molecule has 8 nitrogen and oxygen atoms in total. The minimum atomic E-state index is -0.208. The zero-order valence-corrected chi connectivity index (χ0v) is 17.2. The molecule has 0 atom stereocenters. The molecule has 0 saturated heterocycles. The number of pyridine rings is 2. The number of hydrogen-bond acceptors (Lipinski definition) is 6. The molecule has 0 aliphatic rings. The summed E-state index contributed by atoms with van der Waals surface area (Å²) >= 11 is 0. The molecule has 0 radical (unpaired) electrons. The molecule has 8 heteroatoms. The Morgan fingerprint density at radius 3 is 2.67 bits per heavy atom. The second-order valence-corrected chi connectivity index (χ2v) is 7.19. The molecule has 2 N–H and O–H groups in total. The van der Waals surface area contributed by atoms with Crippen molar-refractivity contribution in [3.05, 3.63) is 77.0 Å². The molecule has 0 aromatic carbocycles. The van der Waals surface area contributed by atoms with Crippen molar-refractivity contribution < 1.29 is 4.79 Å². The van der Waals surface area contributed by atoms with Crippen molar-refractivity contribution in [1.82, 2.24) is 29.9 Å². The van der Waals surface area contributed by atoms with E-state index in [0.29, 0.717) is 30.3 Å². The van der Waals surface area contributed by atoms with E-state index in [1.165, 1.54) is 12.4 Å². The van der Waals surface area contributed by atoms with Gasteiger partial charge in [-0.1, -0.05) is 6.07 Å². The minimum Gasteiger partial charge on any atom is -0.352 e. The molecule has 4 rings (SSSR count). The maximum Gasteiger partial charge on any atom is 0.254 e. The van der Waals surface area contributed by atoms with Crippen LogP contribution in [0.2, 0.25) is 0 Å². The van der Waals surface area contributed by atoms with Gasteiger partial charge < -0.3 is 10.6 Å². The van der Waals surface area contributed by atoms with Gasteiger partial charge in [-0.25, -0.2) is 19.5 Å². The number of aryl methyl sites for hydroxylation is 3. The van der Waals surface area contributed by atoms with E-state index in [9.17, 15) is 4.79 Å². The Morgan fingerprint density at radius 2 is 1.90 bits per heavy atom. The summed E-state index contributed by atoms with van der Waals surface area (Å²) in [5.74, 6) is 0.861. The maximum absolute atomic E-state index is 12.4. The molecular weight excluding hydrogens is 378 g/mol. The maximum atomic E-state index is 12.4. The van der Waals surface area contributed by atoms with E-state index < -0.39 is 0 Å². The lowest BCUT2D eigenvalue weighted by Gasteiger charge is -2.08. The normalized spacial score (nSPS) is 10.9. The Morgan fingerprint density at radius 1 is 1.10 bits per heavy atom. The Hall–Kier alpha value is -3.81. The number of carbonyl (C=O) groups is 1. The van der Waals surface area contributed by atoms with E-state index in [4.69, 9.17) is 0 Å². The van der Waals surface area contributed by atoms with Crippen molar-refractivity contribution in [2.45, 2.75) is 27.2 Å². The first-order valence-corrected chi connectivity index (χ1v) is 9.75. The average Bonchev–Trinajstić information content (AvgIpc) is 3.03. The zero-order chi connectivity index (χ0) is 21.1. The molecule has 0 unspecified atom stereocenters. The summed E-state index contributed by atoms with van der Waals surface area (Å²) in [5, 5.41) is 10.5. The van der Waals surface area contributed by atoms with E-state index >= 15 is 0 Å². The molecule has 0 saturated carbocycles. The summed E-state index contributed by atoms with van der Waals surface area (Å²) in [5.41, 5.74) is 5.58. The van der Waals surface area contributed by atoms with Crippen LogP contribution in [0.15, 0.2) is 48.9 Å². The largest absolute Gasteiger partial charge is 0.352 e. The number of carbonyl (C=O) groups excluding carboxylic acids is 1. The van der Waals surface area contributed by atoms with E-state index in [0.717, 1.165) is 28.0 Å². The highest BCUT2D eigenvalue weighted by Gasteiger charge is 2.11. The molecule has 4 heterocycles. The molecule has 0 aliphatic carbocycles. The predicted octanol–water partition coefficient (Wildman–Crippen LogP) is 3.16. The van der Waals surface area contributed by atoms with Crippen LogP contribution in [0.25, 0.3) is 5.52 Å². The molecule has 0 fully saturated rings. The van der Waals surface area contributed by atoms with Crippen LogP contribution in [-0.4, -0.2) is 37.0 Å². The fraction of sp³-hybridized carbons (Fsp3) is 0.227. The van der Waals surface area contributed by atoms with Gasteiger partial charge in [-0.2, -0.15) is 5.10 Å². The van der Waals surface area contributed by atoms with Gasteiger partial charge in [0, 0.05) is 36.4 Å². The number of rotatable bonds is 6.